The fourth-order valence-electron chi connectivity index (χ4n) is 3.24. The number of nitrogens with zero attached hydrogens (tertiary/aromatic N) is 2. The summed E-state index contributed by atoms with van der Waals surface area (Å²) in [5.74, 6) is 0.278. The molecule has 0 fully saturated rings. The summed E-state index contributed by atoms with van der Waals surface area (Å²) in [5.41, 5.74) is 6.41. The van der Waals surface area contributed by atoms with E-state index in [2.05, 4.69) is 21.0 Å². The molecule has 3 aromatic heterocycles. The van der Waals surface area contributed by atoms with Crippen molar-refractivity contribution in [3.63, 3.8) is 0 Å². The molecule has 33 heavy (non-hydrogen) atoms. The standard InChI is InChI=1S/C23H22N4O6/c1-12(2)32-18-8-7-14(10-19(18)30-4)21(28)25-26-22(29)15-11-16(17-6-5-9-31-17)24-23-20(15)13(3)27-33-23/h5-12H,1-4H3,(H,25,28)(H,26,29). The van der Waals surface area contributed by atoms with E-state index >= 15 is 0 Å². The van der Waals surface area contributed by atoms with Gasteiger partial charge < -0.3 is 18.4 Å². The molecule has 0 saturated carbocycles. The van der Waals surface area contributed by atoms with Crippen LogP contribution in [0, 0.1) is 6.92 Å². The van der Waals surface area contributed by atoms with Gasteiger partial charge in [-0.05, 0) is 57.2 Å². The third-order valence-corrected chi connectivity index (χ3v) is 4.71. The number of carbonyl (C=O) groups excluding carboxylic acids is 2. The molecular formula is C23H22N4O6. The number of nitrogens with one attached hydrogen (secondary N) is 2. The Labute approximate surface area is 188 Å². The predicted octanol–water partition coefficient (Wildman–Crippen LogP) is 3.66. The fourth-order valence-corrected chi connectivity index (χ4v) is 3.24. The largest absolute Gasteiger partial charge is 0.493 e. The van der Waals surface area contributed by atoms with Crippen molar-refractivity contribution in [2.75, 3.05) is 7.11 Å². The van der Waals surface area contributed by atoms with E-state index in [0.717, 1.165) is 0 Å². The molecule has 0 unspecified atom stereocenters. The lowest BCUT2D eigenvalue weighted by Gasteiger charge is -2.14. The number of amides is 2. The summed E-state index contributed by atoms with van der Waals surface area (Å²) < 4.78 is 21.6. The van der Waals surface area contributed by atoms with Crippen LogP contribution < -0.4 is 20.3 Å². The van der Waals surface area contributed by atoms with Crippen molar-refractivity contribution in [1.82, 2.24) is 21.0 Å². The van der Waals surface area contributed by atoms with Crippen molar-refractivity contribution >= 4 is 22.9 Å². The highest BCUT2D eigenvalue weighted by Gasteiger charge is 2.21. The normalized spacial score (nSPS) is 10.9. The zero-order valence-electron chi connectivity index (χ0n) is 18.5. The van der Waals surface area contributed by atoms with Crippen LogP contribution in [0.15, 0.2) is 51.6 Å². The number of ether oxygens (including phenoxy) is 2. The molecule has 0 saturated heterocycles. The van der Waals surface area contributed by atoms with Crippen LogP contribution >= 0.6 is 0 Å². The molecule has 0 aliphatic rings. The van der Waals surface area contributed by atoms with E-state index in [1.807, 2.05) is 13.8 Å². The van der Waals surface area contributed by atoms with Gasteiger partial charge in [0.05, 0.1) is 36.1 Å². The van der Waals surface area contributed by atoms with Gasteiger partial charge in [-0.3, -0.25) is 20.4 Å². The van der Waals surface area contributed by atoms with Crippen LogP contribution in [0.5, 0.6) is 11.5 Å². The SMILES string of the molecule is COc1cc(C(=O)NNC(=O)c2cc(-c3ccco3)nc3onc(C)c23)ccc1OC(C)C. The molecule has 10 heteroatoms. The Morgan fingerprint density at radius 3 is 2.55 bits per heavy atom. The number of furan rings is 1. The molecule has 0 bridgehead atoms. The lowest BCUT2D eigenvalue weighted by atomic mass is 10.1. The second-order valence-corrected chi connectivity index (χ2v) is 7.42. The van der Waals surface area contributed by atoms with Crippen LogP contribution in [0.2, 0.25) is 0 Å². The van der Waals surface area contributed by atoms with Gasteiger partial charge in [-0.1, -0.05) is 5.16 Å². The Kier molecular flexibility index (Phi) is 5.99. The number of benzene rings is 1. The van der Waals surface area contributed by atoms with E-state index in [-0.39, 0.29) is 22.9 Å². The number of hydrogen-bond donors (Lipinski definition) is 2. The molecule has 3 heterocycles. The van der Waals surface area contributed by atoms with E-state index in [1.165, 1.54) is 19.4 Å². The summed E-state index contributed by atoms with van der Waals surface area (Å²) in [6.07, 6.45) is 1.44. The molecule has 10 nitrogen and oxygen atoms in total. The maximum atomic E-state index is 13.0. The summed E-state index contributed by atoms with van der Waals surface area (Å²) in [5, 5.41) is 4.33. The maximum Gasteiger partial charge on any atom is 0.270 e. The Morgan fingerprint density at radius 1 is 1.06 bits per heavy atom. The van der Waals surface area contributed by atoms with Crippen molar-refractivity contribution < 1.29 is 28.0 Å². The summed E-state index contributed by atoms with van der Waals surface area (Å²) in [6, 6.07) is 9.71. The second-order valence-electron chi connectivity index (χ2n) is 7.42. The molecular weight excluding hydrogens is 428 g/mol. The van der Waals surface area contributed by atoms with Gasteiger partial charge in [0.15, 0.2) is 17.3 Å². The lowest BCUT2D eigenvalue weighted by molar-refractivity contribution is 0.0847. The van der Waals surface area contributed by atoms with E-state index < -0.39 is 11.8 Å². The highest BCUT2D eigenvalue weighted by atomic mass is 16.5. The van der Waals surface area contributed by atoms with Crippen molar-refractivity contribution in [2.24, 2.45) is 0 Å². The number of hydrazine groups is 1. The zero-order chi connectivity index (χ0) is 23.5. The Hall–Kier alpha value is -4.34. The average molecular weight is 450 g/mol. The molecule has 1 aromatic carbocycles. The van der Waals surface area contributed by atoms with Crippen LogP contribution in [-0.4, -0.2) is 35.2 Å². The van der Waals surface area contributed by atoms with E-state index in [4.69, 9.17) is 18.4 Å². The Morgan fingerprint density at radius 2 is 1.85 bits per heavy atom. The van der Waals surface area contributed by atoms with E-state index in [1.54, 1.807) is 37.3 Å². The Bertz CT molecular complexity index is 1310. The maximum absolute atomic E-state index is 13.0. The number of fused-ring (bicyclic) bond motifs is 1. The molecule has 0 spiro atoms. The first-order chi connectivity index (χ1) is 15.9. The van der Waals surface area contributed by atoms with E-state index in [0.29, 0.717) is 34.0 Å². The summed E-state index contributed by atoms with van der Waals surface area (Å²) >= 11 is 0. The number of rotatable bonds is 6. The molecule has 2 amide bonds. The lowest BCUT2D eigenvalue weighted by Crippen LogP contribution is -2.41. The van der Waals surface area contributed by atoms with Crippen LogP contribution in [0.1, 0.15) is 40.3 Å². The van der Waals surface area contributed by atoms with E-state index in [9.17, 15) is 9.59 Å². The van der Waals surface area contributed by atoms with Gasteiger partial charge in [0.25, 0.3) is 17.5 Å². The molecule has 170 valence electrons. The molecule has 0 radical (unpaired) electrons. The third-order valence-electron chi connectivity index (χ3n) is 4.71. The summed E-state index contributed by atoms with van der Waals surface area (Å²) in [6.45, 7) is 5.48. The molecule has 0 atom stereocenters. The monoisotopic (exact) mass is 450 g/mol. The summed E-state index contributed by atoms with van der Waals surface area (Å²) in [7, 11) is 1.48. The van der Waals surface area contributed by atoms with Gasteiger partial charge in [0.2, 0.25) is 0 Å². The number of carbonyl (C=O) groups is 2. The van der Waals surface area contributed by atoms with Crippen LogP contribution in [0.3, 0.4) is 0 Å². The second kappa shape index (κ2) is 9.03. The van der Waals surface area contributed by atoms with Crippen molar-refractivity contribution in [3.8, 4) is 23.0 Å². The zero-order valence-corrected chi connectivity index (χ0v) is 18.5. The first-order valence-corrected chi connectivity index (χ1v) is 10.1. The summed E-state index contributed by atoms with van der Waals surface area (Å²) in [4.78, 5) is 30.0. The van der Waals surface area contributed by atoms with Crippen molar-refractivity contribution in [2.45, 2.75) is 26.9 Å². The van der Waals surface area contributed by atoms with Gasteiger partial charge in [-0.2, -0.15) is 0 Å². The number of hydrogen-bond acceptors (Lipinski definition) is 8. The molecule has 0 aliphatic heterocycles. The smallest absolute Gasteiger partial charge is 0.270 e. The van der Waals surface area contributed by atoms with Crippen molar-refractivity contribution in [1.29, 1.82) is 0 Å². The quantitative estimate of drug-likeness (QED) is 0.426. The fraction of sp³-hybridized carbons (Fsp3) is 0.217. The number of aromatic nitrogens is 2. The van der Waals surface area contributed by atoms with Crippen LogP contribution in [0.25, 0.3) is 22.6 Å². The Balaban J connectivity index is 1.55. The first-order valence-electron chi connectivity index (χ1n) is 10.1. The van der Waals surface area contributed by atoms with Gasteiger partial charge in [-0.15, -0.1) is 0 Å². The molecule has 0 aliphatic carbocycles. The van der Waals surface area contributed by atoms with Gasteiger partial charge in [-0.25, -0.2) is 4.98 Å². The van der Waals surface area contributed by atoms with Crippen molar-refractivity contribution in [3.05, 3.63) is 59.5 Å². The predicted molar refractivity (Wildman–Crippen MR) is 118 cm³/mol. The third kappa shape index (κ3) is 4.49. The average Bonchev–Trinajstić information content (AvgIpc) is 3.47. The van der Waals surface area contributed by atoms with Gasteiger partial charge in [0.1, 0.15) is 5.69 Å². The minimum absolute atomic E-state index is 0.0537. The van der Waals surface area contributed by atoms with Gasteiger partial charge >= 0.3 is 0 Å². The minimum Gasteiger partial charge on any atom is -0.493 e. The topological polar surface area (TPSA) is 129 Å². The number of pyridine rings is 1. The minimum atomic E-state index is -0.568. The van der Waals surface area contributed by atoms with Crippen LogP contribution in [-0.2, 0) is 0 Å². The molecule has 4 rings (SSSR count). The van der Waals surface area contributed by atoms with Crippen LogP contribution in [0.4, 0.5) is 0 Å². The highest BCUT2D eigenvalue weighted by Crippen LogP contribution is 2.29. The number of aryl methyl sites for hydroxylation is 1. The number of methoxy groups -OCH3 is 1. The highest BCUT2D eigenvalue weighted by molar-refractivity contribution is 6.08. The first kappa shape index (κ1) is 21.9. The molecule has 2 N–H and O–H groups in total. The molecule has 4 aromatic rings. The van der Waals surface area contributed by atoms with Gasteiger partial charge in [0, 0.05) is 5.56 Å².